The summed E-state index contributed by atoms with van der Waals surface area (Å²) in [5.74, 6) is 0.469. The number of benzene rings is 1. The van der Waals surface area contributed by atoms with E-state index in [0.717, 1.165) is 26.0 Å². The van der Waals surface area contributed by atoms with E-state index in [2.05, 4.69) is 48.9 Å². The largest absolute Gasteiger partial charge is 0.382 e. The normalized spacial score (nSPS) is 13.6. The number of nitrogens with zero attached hydrogens (tertiary/aromatic N) is 4. The number of hydrogen-bond donors (Lipinski definition) is 2. The molecule has 1 aliphatic rings. The molecule has 0 bridgehead atoms. The number of carbonyl (C=O) groups excluding carboxylic acids is 2. The van der Waals surface area contributed by atoms with Crippen molar-refractivity contribution in [2.24, 2.45) is 5.41 Å². The molecular formula is C21H23IN6O2S. The van der Waals surface area contributed by atoms with Crippen LogP contribution in [0.3, 0.4) is 0 Å². The number of carbonyl (C=O) groups is 2. The Hall–Kier alpha value is -2.21. The molecule has 3 aromatic rings. The van der Waals surface area contributed by atoms with Crippen molar-refractivity contribution in [1.29, 1.82) is 0 Å². The van der Waals surface area contributed by atoms with Crippen LogP contribution in [0.25, 0.3) is 11.2 Å². The first-order valence-electron chi connectivity index (χ1n) is 9.93. The second-order valence-electron chi connectivity index (χ2n) is 8.45. The Morgan fingerprint density at radius 3 is 2.81 bits per heavy atom. The average Bonchev–Trinajstić information content (AvgIpc) is 3.23. The Morgan fingerprint density at radius 2 is 2.06 bits per heavy atom. The zero-order chi connectivity index (χ0) is 22.3. The SMILES string of the molecule is CC(C)(C)C(=O)NCCn1c(Sc2cc3c(cc2I)CCC3=O)nc2c(N)ncnc21. The quantitative estimate of drug-likeness (QED) is 0.468. The van der Waals surface area contributed by atoms with Crippen LogP contribution in [-0.2, 0) is 17.8 Å². The van der Waals surface area contributed by atoms with Crippen LogP contribution in [0.5, 0.6) is 0 Å². The summed E-state index contributed by atoms with van der Waals surface area (Å²) in [6.45, 7) is 6.54. The van der Waals surface area contributed by atoms with Crippen molar-refractivity contribution in [3.05, 3.63) is 33.2 Å². The number of aryl methyl sites for hydroxylation is 1. The first kappa shape index (κ1) is 22.0. The Labute approximate surface area is 197 Å². The van der Waals surface area contributed by atoms with Gasteiger partial charge in [-0.1, -0.05) is 32.5 Å². The number of anilines is 1. The molecule has 1 aromatic carbocycles. The van der Waals surface area contributed by atoms with Crippen molar-refractivity contribution in [2.45, 2.75) is 50.2 Å². The smallest absolute Gasteiger partial charge is 0.225 e. The number of rotatable bonds is 5. The van der Waals surface area contributed by atoms with Crippen LogP contribution in [0.2, 0.25) is 0 Å². The highest BCUT2D eigenvalue weighted by Gasteiger charge is 2.24. The third kappa shape index (κ3) is 4.40. The lowest BCUT2D eigenvalue weighted by Crippen LogP contribution is -2.36. The summed E-state index contributed by atoms with van der Waals surface area (Å²) in [6.07, 6.45) is 2.78. The number of nitrogen functional groups attached to an aromatic ring is 1. The summed E-state index contributed by atoms with van der Waals surface area (Å²) in [5.41, 5.74) is 8.61. The number of Topliss-reactive ketones (excluding diaryl/α,β-unsaturated/α-hetero) is 1. The van der Waals surface area contributed by atoms with E-state index in [4.69, 9.17) is 5.73 Å². The molecule has 1 aliphatic carbocycles. The molecule has 4 rings (SSSR count). The van der Waals surface area contributed by atoms with Gasteiger partial charge in [0.2, 0.25) is 5.91 Å². The predicted octanol–water partition coefficient (Wildman–Crippen LogP) is 3.46. The maximum absolute atomic E-state index is 12.3. The molecule has 162 valence electrons. The summed E-state index contributed by atoms with van der Waals surface area (Å²) in [5, 5.41) is 3.66. The van der Waals surface area contributed by atoms with E-state index < -0.39 is 5.41 Å². The van der Waals surface area contributed by atoms with Crippen molar-refractivity contribution in [3.8, 4) is 0 Å². The molecule has 0 unspecified atom stereocenters. The van der Waals surface area contributed by atoms with Crippen LogP contribution in [0.1, 0.15) is 43.1 Å². The maximum atomic E-state index is 12.3. The van der Waals surface area contributed by atoms with Gasteiger partial charge in [-0.2, -0.15) is 0 Å². The van der Waals surface area contributed by atoms with Crippen LogP contribution >= 0.6 is 34.4 Å². The van der Waals surface area contributed by atoms with E-state index in [0.29, 0.717) is 41.6 Å². The zero-order valence-corrected chi connectivity index (χ0v) is 20.5. The fourth-order valence-corrected chi connectivity index (χ4v) is 5.20. The van der Waals surface area contributed by atoms with E-state index in [1.807, 2.05) is 31.4 Å². The summed E-state index contributed by atoms with van der Waals surface area (Å²) in [4.78, 5) is 38.5. The Bertz CT molecular complexity index is 1200. The van der Waals surface area contributed by atoms with Gasteiger partial charge in [-0.25, -0.2) is 15.0 Å². The van der Waals surface area contributed by atoms with Crippen molar-refractivity contribution < 1.29 is 9.59 Å². The number of amides is 1. The van der Waals surface area contributed by atoms with Gasteiger partial charge in [0.05, 0.1) is 0 Å². The van der Waals surface area contributed by atoms with Crippen molar-refractivity contribution in [1.82, 2.24) is 24.8 Å². The maximum Gasteiger partial charge on any atom is 0.225 e. The van der Waals surface area contributed by atoms with E-state index in [9.17, 15) is 9.59 Å². The Morgan fingerprint density at radius 1 is 1.29 bits per heavy atom. The van der Waals surface area contributed by atoms with Crippen LogP contribution < -0.4 is 11.1 Å². The minimum atomic E-state index is -0.464. The molecule has 0 saturated carbocycles. The van der Waals surface area contributed by atoms with Gasteiger partial charge in [-0.05, 0) is 46.7 Å². The molecule has 8 nitrogen and oxygen atoms in total. The van der Waals surface area contributed by atoms with Crippen molar-refractivity contribution >= 4 is 63.0 Å². The molecule has 1 amide bonds. The van der Waals surface area contributed by atoms with Gasteiger partial charge in [0.1, 0.15) is 6.33 Å². The highest BCUT2D eigenvalue weighted by molar-refractivity contribution is 14.1. The van der Waals surface area contributed by atoms with Crippen molar-refractivity contribution in [2.75, 3.05) is 12.3 Å². The number of fused-ring (bicyclic) bond motifs is 2. The number of ketones is 1. The van der Waals surface area contributed by atoms with Gasteiger partial charge >= 0.3 is 0 Å². The molecule has 0 aliphatic heterocycles. The summed E-state index contributed by atoms with van der Waals surface area (Å²) in [6, 6.07) is 4.03. The standard InChI is InChI=1S/C21H23IN6O2S/c1-21(2,3)19(30)24-6-7-28-18-16(17(23)25-10-26-18)27-20(28)31-15-9-12-11(8-13(15)22)4-5-14(12)29/h8-10H,4-7H2,1-3H3,(H,24,30)(H2,23,25,26). The Kier molecular flexibility index (Phi) is 5.95. The van der Waals surface area contributed by atoms with Gasteiger partial charge in [0.25, 0.3) is 0 Å². The first-order valence-corrected chi connectivity index (χ1v) is 11.8. The molecule has 2 heterocycles. The lowest BCUT2D eigenvalue weighted by molar-refractivity contribution is -0.128. The molecular weight excluding hydrogens is 527 g/mol. The third-order valence-electron chi connectivity index (χ3n) is 5.11. The van der Waals surface area contributed by atoms with Gasteiger partial charge in [0.15, 0.2) is 27.9 Å². The van der Waals surface area contributed by atoms with Gasteiger partial charge in [0, 0.05) is 39.0 Å². The fraction of sp³-hybridized carbons (Fsp3) is 0.381. The molecule has 0 saturated heterocycles. The minimum absolute atomic E-state index is 0.0213. The van der Waals surface area contributed by atoms with Crippen LogP contribution in [0, 0.1) is 8.99 Å². The average molecular weight is 550 g/mol. The second kappa shape index (κ2) is 8.38. The number of nitrogens with two attached hydrogens (primary N) is 1. The van der Waals surface area contributed by atoms with E-state index in [-0.39, 0.29) is 11.7 Å². The first-order chi connectivity index (χ1) is 14.6. The predicted molar refractivity (Wildman–Crippen MR) is 128 cm³/mol. The van der Waals surface area contributed by atoms with E-state index in [1.54, 1.807) is 0 Å². The monoisotopic (exact) mass is 550 g/mol. The van der Waals surface area contributed by atoms with Gasteiger partial charge in [-0.15, -0.1) is 0 Å². The highest BCUT2D eigenvalue weighted by Crippen LogP contribution is 2.37. The number of imidazole rings is 1. The third-order valence-corrected chi connectivity index (χ3v) is 7.42. The van der Waals surface area contributed by atoms with Gasteiger partial charge in [-0.3, -0.25) is 9.59 Å². The second-order valence-corrected chi connectivity index (χ2v) is 10.6. The number of nitrogens with one attached hydrogen (secondary N) is 1. The minimum Gasteiger partial charge on any atom is -0.382 e. The fourth-order valence-electron chi connectivity index (χ4n) is 3.38. The van der Waals surface area contributed by atoms with Crippen LogP contribution in [-0.4, -0.2) is 37.8 Å². The molecule has 0 fully saturated rings. The number of halogens is 1. The van der Waals surface area contributed by atoms with E-state index >= 15 is 0 Å². The number of hydrogen-bond acceptors (Lipinski definition) is 7. The van der Waals surface area contributed by atoms with Crippen LogP contribution in [0.15, 0.2) is 28.5 Å². The molecule has 0 atom stereocenters. The molecule has 31 heavy (non-hydrogen) atoms. The van der Waals surface area contributed by atoms with Gasteiger partial charge < -0.3 is 15.6 Å². The Balaban J connectivity index is 1.67. The van der Waals surface area contributed by atoms with Crippen LogP contribution in [0.4, 0.5) is 5.82 Å². The lowest BCUT2D eigenvalue weighted by Gasteiger charge is -2.18. The number of aromatic nitrogens is 4. The molecule has 0 radical (unpaired) electrons. The van der Waals surface area contributed by atoms with E-state index in [1.165, 1.54) is 18.1 Å². The highest BCUT2D eigenvalue weighted by atomic mass is 127. The molecule has 3 N–H and O–H groups in total. The molecule has 2 aromatic heterocycles. The summed E-state index contributed by atoms with van der Waals surface area (Å²) < 4.78 is 3.00. The lowest BCUT2D eigenvalue weighted by atomic mass is 9.96. The molecule has 0 spiro atoms. The zero-order valence-electron chi connectivity index (χ0n) is 17.5. The summed E-state index contributed by atoms with van der Waals surface area (Å²) >= 11 is 3.76. The van der Waals surface area contributed by atoms with Crippen molar-refractivity contribution in [3.63, 3.8) is 0 Å². The molecule has 10 heteroatoms. The topological polar surface area (TPSA) is 116 Å². The summed E-state index contributed by atoms with van der Waals surface area (Å²) in [7, 11) is 0.